The molecule has 10 heteroatoms. The fourth-order valence-electron chi connectivity index (χ4n) is 1.08. The first-order valence-electron chi connectivity index (χ1n) is 5.75. The number of carboxylic acid groups (broad SMARTS) is 1. The van der Waals surface area contributed by atoms with Crippen molar-refractivity contribution in [3.05, 3.63) is 10.4 Å². The standard InChI is InChI=1S/C10H16N4O6/c1-14(8(15)3-2-4-9(16)17)20-10(18)7-19-6-5-12-13-11/h2-7H2,1H3,(H,16,17). The van der Waals surface area contributed by atoms with Crippen LogP contribution in [0.15, 0.2) is 5.11 Å². The van der Waals surface area contributed by atoms with Crippen LogP contribution in [0.4, 0.5) is 0 Å². The Morgan fingerprint density at radius 3 is 2.65 bits per heavy atom. The maximum atomic E-state index is 11.4. The van der Waals surface area contributed by atoms with Gasteiger partial charge in [0.05, 0.1) is 6.61 Å². The number of carbonyl (C=O) groups is 3. The molecule has 0 aliphatic carbocycles. The normalized spacial score (nSPS) is 9.45. The molecule has 0 heterocycles. The molecular formula is C10H16N4O6. The number of rotatable bonds is 9. The predicted octanol–water partition coefficient (Wildman–Crippen LogP) is 0.485. The number of hydrogen-bond donors (Lipinski definition) is 1. The molecule has 0 aliphatic rings. The summed E-state index contributed by atoms with van der Waals surface area (Å²) in [6, 6.07) is 0. The maximum Gasteiger partial charge on any atom is 0.357 e. The zero-order valence-electron chi connectivity index (χ0n) is 11.0. The lowest BCUT2D eigenvalue weighted by Gasteiger charge is -2.15. The maximum absolute atomic E-state index is 11.4. The zero-order valence-corrected chi connectivity index (χ0v) is 11.0. The number of aliphatic carboxylic acids is 1. The molecule has 0 unspecified atom stereocenters. The van der Waals surface area contributed by atoms with Gasteiger partial charge in [0.2, 0.25) is 0 Å². The van der Waals surface area contributed by atoms with Gasteiger partial charge >= 0.3 is 11.9 Å². The Morgan fingerprint density at radius 1 is 1.35 bits per heavy atom. The minimum Gasteiger partial charge on any atom is -0.481 e. The molecule has 0 radical (unpaired) electrons. The summed E-state index contributed by atoms with van der Waals surface area (Å²) >= 11 is 0. The molecule has 0 saturated carbocycles. The Hall–Kier alpha value is -2.32. The van der Waals surface area contributed by atoms with Crippen LogP contribution < -0.4 is 0 Å². The highest BCUT2D eigenvalue weighted by molar-refractivity contribution is 5.78. The van der Waals surface area contributed by atoms with Gasteiger partial charge in [-0.2, -0.15) is 5.06 Å². The van der Waals surface area contributed by atoms with Crippen molar-refractivity contribution in [1.82, 2.24) is 5.06 Å². The molecule has 1 N–H and O–H groups in total. The summed E-state index contributed by atoms with van der Waals surface area (Å²) in [6.45, 7) is -0.225. The summed E-state index contributed by atoms with van der Waals surface area (Å²) < 4.78 is 4.84. The monoisotopic (exact) mass is 288 g/mol. The van der Waals surface area contributed by atoms with E-state index in [1.54, 1.807) is 0 Å². The van der Waals surface area contributed by atoms with Gasteiger partial charge in [-0.3, -0.25) is 9.59 Å². The summed E-state index contributed by atoms with van der Waals surface area (Å²) in [6.07, 6.45) is 0.00257. The molecule has 0 bridgehead atoms. The van der Waals surface area contributed by atoms with Crippen molar-refractivity contribution in [3.8, 4) is 0 Å². The largest absolute Gasteiger partial charge is 0.481 e. The molecule has 20 heavy (non-hydrogen) atoms. The van der Waals surface area contributed by atoms with E-state index in [-0.39, 0.29) is 39.0 Å². The van der Waals surface area contributed by atoms with Crippen molar-refractivity contribution in [3.63, 3.8) is 0 Å². The third-order valence-electron chi connectivity index (χ3n) is 1.99. The van der Waals surface area contributed by atoms with Gasteiger partial charge in [-0.25, -0.2) is 4.79 Å². The Labute approximate surface area is 114 Å². The predicted molar refractivity (Wildman–Crippen MR) is 65.2 cm³/mol. The highest BCUT2D eigenvalue weighted by Crippen LogP contribution is 2.00. The van der Waals surface area contributed by atoms with Crippen molar-refractivity contribution in [2.75, 3.05) is 26.8 Å². The van der Waals surface area contributed by atoms with Gasteiger partial charge in [0.1, 0.15) is 6.61 Å². The molecule has 112 valence electrons. The van der Waals surface area contributed by atoms with Gasteiger partial charge in [-0.15, -0.1) is 0 Å². The molecule has 0 rings (SSSR count). The van der Waals surface area contributed by atoms with Gasteiger partial charge in [-0.1, -0.05) is 5.11 Å². The summed E-state index contributed by atoms with van der Waals surface area (Å²) in [5.74, 6) is -2.28. The van der Waals surface area contributed by atoms with Crippen LogP contribution in [0.25, 0.3) is 10.4 Å². The van der Waals surface area contributed by atoms with Gasteiger partial charge in [-0.05, 0) is 12.0 Å². The van der Waals surface area contributed by atoms with E-state index in [2.05, 4.69) is 14.9 Å². The fraction of sp³-hybridized carbons (Fsp3) is 0.700. The molecule has 0 aromatic carbocycles. The summed E-state index contributed by atoms with van der Waals surface area (Å²) in [4.78, 5) is 40.1. The Bertz CT molecular complexity index is 393. The van der Waals surface area contributed by atoms with E-state index in [0.29, 0.717) is 0 Å². The van der Waals surface area contributed by atoms with Gasteiger partial charge in [0, 0.05) is 31.3 Å². The number of hydroxylamine groups is 2. The van der Waals surface area contributed by atoms with E-state index < -0.39 is 17.8 Å². The van der Waals surface area contributed by atoms with Gasteiger partial charge in [0.25, 0.3) is 5.91 Å². The average Bonchev–Trinajstić information content (AvgIpc) is 2.37. The van der Waals surface area contributed by atoms with Crippen molar-refractivity contribution < 1.29 is 29.1 Å². The van der Waals surface area contributed by atoms with Crippen molar-refractivity contribution in [2.45, 2.75) is 19.3 Å². The molecule has 0 fully saturated rings. The molecule has 0 aliphatic heterocycles. The lowest BCUT2D eigenvalue weighted by Crippen LogP contribution is -2.31. The molecule has 10 nitrogen and oxygen atoms in total. The van der Waals surface area contributed by atoms with Crippen molar-refractivity contribution in [2.24, 2.45) is 5.11 Å². The van der Waals surface area contributed by atoms with Crippen LogP contribution in [0.5, 0.6) is 0 Å². The summed E-state index contributed by atoms with van der Waals surface area (Å²) in [5.41, 5.74) is 7.99. The van der Waals surface area contributed by atoms with Crippen molar-refractivity contribution in [1.29, 1.82) is 0 Å². The summed E-state index contributed by atoms with van der Waals surface area (Å²) in [7, 11) is 1.25. The molecule has 1 amide bonds. The van der Waals surface area contributed by atoms with Crippen LogP contribution in [-0.2, 0) is 24.0 Å². The second kappa shape index (κ2) is 10.6. The van der Waals surface area contributed by atoms with Crippen LogP contribution >= 0.6 is 0 Å². The quantitative estimate of drug-likeness (QED) is 0.215. The van der Waals surface area contributed by atoms with E-state index in [1.807, 2.05) is 0 Å². The summed E-state index contributed by atoms with van der Waals surface area (Å²) in [5, 5.41) is 12.3. The second-order valence-corrected chi connectivity index (χ2v) is 3.61. The van der Waals surface area contributed by atoms with Crippen LogP contribution in [-0.4, -0.2) is 54.8 Å². The zero-order chi connectivity index (χ0) is 15.4. The highest BCUT2D eigenvalue weighted by atomic mass is 16.7. The Balaban J connectivity index is 3.79. The van der Waals surface area contributed by atoms with Gasteiger partial charge in [0.15, 0.2) is 0 Å². The minimum atomic E-state index is -0.995. The van der Waals surface area contributed by atoms with E-state index >= 15 is 0 Å². The molecular weight excluding hydrogens is 272 g/mol. The number of amides is 1. The number of nitrogens with zero attached hydrogens (tertiary/aromatic N) is 4. The van der Waals surface area contributed by atoms with Crippen LogP contribution in [0.3, 0.4) is 0 Å². The third kappa shape index (κ3) is 9.68. The topological polar surface area (TPSA) is 142 Å². The average molecular weight is 288 g/mol. The molecule has 0 aromatic heterocycles. The smallest absolute Gasteiger partial charge is 0.357 e. The van der Waals surface area contributed by atoms with Crippen LogP contribution in [0, 0.1) is 0 Å². The molecule has 0 aromatic rings. The highest BCUT2D eigenvalue weighted by Gasteiger charge is 2.14. The Kier molecular flexibility index (Phi) is 9.36. The minimum absolute atomic E-state index is 0.0339. The fourth-order valence-corrected chi connectivity index (χ4v) is 1.08. The van der Waals surface area contributed by atoms with Crippen molar-refractivity contribution >= 4 is 17.8 Å². The lowest BCUT2D eigenvalue weighted by atomic mass is 10.2. The second-order valence-electron chi connectivity index (χ2n) is 3.61. The van der Waals surface area contributed by atoms with E-state index in [1.165, 1.54) is 7.05 Å². The molecule has 0 spiro atoms. The number of hydrogen-bond acceptors (Lipinski definition) is 6. The van der Waals surface area contributed by atoms with Gasteiger partial charge < -0.3 is 14.7 Å². The number of azide groups is 1. The van der Waals surface area contributed by atoms with E-state index in [0.717, 1.165) is 5.06 Å². The third-order valence-corrected chi connectivity index (χ3v) is 1.99. The van der Waals surface area contributed by atoms with E-state index in [4.69, 9.17) is 15.4 Å². The number of carbonyl (C=O) groups excluding carboxylic acids is 2. The first kappa shape index (κ1) is 17.7. The van der Waals surface area contributed by atoms with Crippen LogP contribution in [0.2, 0.25) is 0 Å². The van der Waals surface area contributed by atoms with Crippen LogP contribution in [0.1, 0.15) is 19.3 Å². The van der Waals surface area contributed by atoms with E-state index in [9.17, 15) is 14.4 Å². The molecule has 0 saturated heterocycles. The Morgan fingerprint density at radius 2 is 2.05 bits per heavy atom. The lowest BCUT2D eigenvalue weighted by molar-refractivity contribution is -0.196. The number of carboxylic acids is 1. The first-order valence-corrected chi connectivity index (χ1v) is 5.75. The SMILES string of the molecule is CN(OC(=O)COCCN=[N+]=[N-])C(=O)CCCC(=O)O. The number of ether oxygens (including phenoxy) is 1. The molecule has 0 atom stereocenters. The first-order chi connectivity index (χ1) is 9.47.